The largest absolute Gasteiger partial charge is 0.462 e. The smallest absolute Gasteiger partial charge is 0.306 e. The van der Waals surface area contributed by atoms with Gasteiger partial charge >= 0.3 is 5.97 Å². The number of hydrogen-bond acceptors (Lipinski definition) is 2. The summed E-state index contributed by atoms with van der Waals surface area (Å²) < 4.78 is 5.65. The van der Waals surface area contributed by atoms with Crippen LogP contribution in [-0.4, -0.2) is 12.1 Å². The Morgan fingerprint density at radius 3 is 2.47 bits per heavy atom. The van der Waals surface area contributed by atoms with Gasteiger partial charge in [-0.15, -0.1) is 6.58 Å². The molecule has 0 spiro atoms. The first kappa shape index (κ1) is 16.3. The van der Waals surface area contributed by atoms with Crippen LogP contribution in [-0.2, 0) is 9.53 Å². The van der Waals surface area contributed by atoms with Crippen LogP contribution in [0.15, 0.2) is 12.7 Å². The summed E-state index contributed by atoms with van der Waals surface area (Å²) in [4.78, 5) is 11.9. The summed E-state index contributed by atoms with van der Waals surface area (Å²) in [5, 5.41) is 0. The van der Waals surface area contributed by atoms with E-state index in [1.165, 1.54) is 38.5 Å². The van der Waals surface area contributed by atoms with Crippen molar-refractivity contribution in [3.05, 3.63) is 12.7 Å². The van der Waals surface area contributed by atoms with Crippen LogP contribution in [0.3, 0.4) is 0 Å². The summed E-state index contributed by atoms with van der Waals surface area (Å²) in [6.45, 7) is 5.92. The van der Waals surface area contributed by atoms with Gasteiger partial charge < -0.3 is 4.74 Å². The van der Waals surface area contributed by atoms with Gasteiger partial charge in [-0.05, 0) is 31.6 Å². The third kappa shape index (κ3) is 8.07. The summed E-state index contributed by atoms with van der Waals surface area (Å²) in [6, 6.07) is 0. The van der Waals surface area contributed by atoms with Crippen LogP contribution in [0.2, 0.25) is 0 Å². The van der Waals surface area contributed by atoms with Crippen LogP contribution in [0.1, 0.15) is 77.6 Å². The van der Waals surface area contributed by atoms with Crippen molar-refractivity contribution in [2.24, 2.45) is 5.92 Å². The van der Waals surface area contributed by atoms with Crippen molar-refractivity contribution < 1.29 is 9.53 Å². The van der Waals surface area contributed by atoms with Gasteiger partial charge in [0.1, 0.15) is 6.10 Å². The first-order valence-electron chi connectivity index (χ1n) is 8.02. The molecule has 0 aromatic carbocycles. The van der Waals surface area contributed by atoms with Crippen molar-refractivity contribution in [1.29, 1.82) is 0 Å². The molecular formula is C17H30O2. The van der Waals surface area contributed by atoms with E-state index in [0.717, 1.165) is 25.7 Å². The number of rotatable bonds is 3. The Bertz CT molecular complexity index is 260. The van der Waals surface area contributed by atoms with E-state index in [4.69, 9.17) is 4.74 Å². The molecule has 1 unspecified atom stereocenters. The van der Waals surface area contributed by atoms with Crippen molar-refractivity contribution in [3.8, 4) is 0 Å². The quantitative estimate of drug-likeness (QED) is 0.529. The molecule has 0 aromatic heterocycles. The molecule has 0 saturated carbocycles. The molecule has 1 aliphatic rings. The molecule has 1 fully saturated rings. The molecule has 1 rings (SSSR count). The minimum Gasteiger partial charge on any atom is -0.462 e. The number of carbonyl (C=O) groups is 1. The molecule has 2 heteroatoms. The second-order valence-electron chi connectivity index (χ2n) is 5.99. The molecule has 0 N–H and O–H groups in total. The molecule has 0 aliphatic carbocycles. The number of cyclic esters (lactones) is 1. The SMILES string of the molecule is C=CCCC1CCCCCCCC[C@@H](C)CC(=O)O1. The predicted molar refractivity (Wildman–Crippen MR) is 80.0 cm³/mol. The lowest BCUT2D eigenvalue weighted by molar-refractivity contribution is -0.150. The Hall–Kier alpha value is -0.790. The molecule has 1 saturated heterocycles. The molecule has 1 aliphatic heterocycles. The Labute approximate surface area is 118 Å². The van der Waals surface area contributed by atoms with E-state index in [0.29, 0.717) is 12.3 Å². The lowest BCUT2D eigenvalue weighted by Gasteiger charge is -2.18. The lowest BCUT2D eigenvalue weighted by Crippen LogP contribution is -2.19. The van der Waals surface area contributed by atoms with E-state index >= 15 is 0 Å². The normalized spacial score (nSPS) is 27.5. The van der Waals surface area contributed by atoms with E-state index < -0.39 is 0 Å². The molecule has 1 heterocycles. The van der Waals surface area contributed by atoms with Crippen molar-refractivity contribution in [1.82, 2.24) is 0 Å². The first-order valence-corrected chi connectivity index (χ1v) is 8.02. The lowest BCUT2D eigenvalue weighted by atomic mass is 9.99. The minimum absolute atomic E-state index is 0.000749. The molecule has 0 bridgehead atoms. The van der Waals surface area contributed by atoms with Gasteiger partial charge in [0, 0.05) is 6.42 Å². The van der Waals surface area contributed by atoms with Gasteiger partial charge in [-0.25, -0.2) is 0 Å². The first-order chi connectivity index (χ1) is 9.22. The van der Waals surface area contributed by atoms with E-state index in [9.17, 15) is 4.79 Å². The Morgan fingerprint density at radius 1 is 1.16 bits per heavy atom. The second kappa shape index (κ2) is 10.1. The molecule has 19 heavy (non-hydrogen) atoms. The fraction of sp³-hybridized carbons (Fsp3) is 0.824. The van der Waals surface area contributed by atoms with Gasteiger partial charge in [0.15, 0.2) is 0 Å². The molecule has 2 atom stereocenters. The summed E-state index contributed by atoms with van der Waals surface area (Å²) in [5.74, 6) is 0.467. The predicted octanol–water partition coefficient (Wildman–Crippen LogP) is 5.03. The maximum Gasteiger partial charge on any atom is 0.306 e. The maximum atomic E-state index is 11.9. The summed E-state index contributed by atoms with van der Waals surface area (Å²) in [6.07, 6.45) is 14.4. The van der Waals surface area contributed by atoms with Gasteiger partial charge in [0.05, 0.1) is 0 Å². The zero-order chi connectivity index (χ0) is 13.9. The fourth-order valence-corrected chi connectivity index (χ4v) is 2.76. The van der Waals surface area contributed by atoms with Crippen LogP contribution in [0.25, 0.3) is 0 Å². The van der Waals surface area contributed by atoms with E-state index in [2.05, 4.69) is 13.5 Å². The molecule has 0 amide bonds. The van der Waals surface area contributed by atoms with E-state index in [1.807, 2.05) is 6.08 Å². The highest BCUT2D eigenvalue weighted by molar-refractivity contribution is 5.69. The fourth-order valence-electron chi connectivity index (χ4n) is 2.76. The van der Waals surface area contributed by atoms with Gasteiger partial charge in [-0.2, -0.15) is 0 Å². The Balaban J connectivity index is 2.46. The average molecular weight is 266 g/mol. The molecule has 110 valence electrons. The van der Waals surface area contributed by atoms with Crippen LogP contribution in [0, 0.1) is 5.92 Å². The highest BCUT2D eigenvalue weighted by atomic mass is 16.5. The minimum atomic E-state index is 0.000749. The monoisotopic (exact) mass is 266 g/mol. The van der Waals surface area contributed by atoms with Crippen molar-refractivity contribution in [3.63, 3.8) is 0 Å². The van der Waals surface area contributed by atoms with Crippen LogP contribution in [0.4, 0.5) is 0 Å². The van der Waals surface area contributed by atoms with Crippen LogP contribution < -0.4 is 0 Å². The molecule has 2 nitrogen and oxygen atoms in total. The Morgan fingerprint density at radius 2 is 1.79 bits per heavy atom. The number of esters is 1. The number of ether oxygens (including phenoxy) is 1. The Kier molecular flexibility index (Phi) is 8.61. The van der Waals surface area contributed by atoms with Crippen LogP contribution >= 0.6 is 0 Å². The zero-order valence-corrected chi connectivity index (χ0v) is 12.5. The summed E-state index contributed by atoms with van der Waals surface area (Å²) in [5.41, 5.74) is 0. The molecular weight excluding hydrogens is 236 g/mol. The highest BCUT2D eigenvalue weighted by Gasteiger charge is 2.16. The number of carbonyl (C=O) groups excluding carboxylic acids is 1. The molecule has 0 radical (unpaired) electrons. The number of allylic oxidation sites excluding steroid dienone is 1. The summed E-state index contributed by atoms with van der Waals surface area (Å²) in [7, 11) is 0. The summed E-state index contributed by atoms with van der Waals surface area (Å²) >= 11 is 0. The third-order valence-corrected chi connectivity index (χ3v) is 3.98. The van der Waals surface area contributed by atoms with Gasteiger partial charge in [0.2, 0.25) is 0 Å². The zero-order valence-electron chi connectivity index (χ0n) is 12.5. The molecule has 0 aromatic rings. The van der Waals surface area contributed by atoms with Crippen molar-refractivity contribution >= 4 is 5.97 Å². The van der Waals surface area contributed by atoms with Crippen molar-refractivity contribution in [2.45, 2.75) is 83.7 Å². The van der Waals surface area contributed by atoms with E-state index in [-0.39, 0.29) is 12.1 Å². The topological polar surface area (TPSA) is 26.3 Å². The second-order valence-corrected chi connectivity index (χ2v) is 5.99. The highest BCUT2D eigenvalue weighted by Crippen LogP contribution is 2.20. The van der Waals surface area contributed by atoms with Crippen molar-refractivity contribution in [2.75, 3.05) is 0 Å². The van der Waals surface area contributed by atoms with Gasteiger partial charge in [0.25, 0.3) is 0 Å². The average Bonchev–Trinajstić information content (AvgIpc) is 2.38. The van der Waals surface area contributed by atoms with Crippen LogP contribution in [0.5, 0.6) is 0 Å². The standard InChI is InChI=1S/C17H30O2/c1-3-4-12-16-13-10-8-6-5-7-9-11-15(2)14-17(18)19-16/h3,15-16H,1,4-14H2,2H3/t15-,16?/m1/s1. The third-order valence-electron chi connectivity index (χ3n) is 3.98. The van der Waals surface area contributed by atoms with Gasteiger partial charge in [-0.1, -0.05) is 51.5 Å². The van der Waals surface area contributed by atoms with Gasteiger partial charge in [-0.3, -0.25) is 4.79 Å². The number of hydrogen-bond donors (Lipinski definition) is 0. The van der Waals surface area contributed by atoms with E-state index in [1.54, 1.807) is 0 Å². The maximum absolute atomic E-state index is 11.9.